The average molecular weight is 311 g/mol. The summed E-state index contributed by atoms with van der Waals surface area (Å²) in [5.41, 5.74) is 0. The first-order valence-electron chi connectivity index (χ1n) is 10.3. The Hall–Kier alpha value is -0.0800. The van der Waals surface area contributed by atoms with Crippen molar-refractivity contribution in [2.75, 3.05) is 26.2 Å². The third kappa shape index (κ3) is 10.6. The van der Waals surface area contributed by atoms with Gasteiger partial charge in [0, 0.05) is 6.04 Å². The Labute approximate surface area is 140 Å². The van der Waals surface area contributed by atoms with Crippen molar-refractivity contribution in [3.63, 3.8) is 0 Å². The SMILES string of the molecule is CCCCCCCC(CCCCC)NCCCN1CCCC1. The van der Waals surface area contributed by atoms with E-state index in [9.17, 15) is 0 Å². The van der Waals surface area contributed by atoms with E-state index in [4.69, 9.17) is 0 Å². The van der Waals surface area contributed by atoms with Gasteiger partial charge in [0.1, 0.15) is 0 Å². The lowest BCUT2D eigenvalue weighted by atomic mass is 10.0. The van der Waals surface area contributed by atoms with Crippen molar-refractivity contribution in [2.45, 2.75) is 103 Å². The highest BCUT2D eigenvalue weighted by Gasteiger charge is 2.11. The molecule has 0 aromatic rings. The van der Waals surface area contributed by atoms with Crippen molar-refractivity contribution in [2.24, 2.45) is 0 Å². The van der Waals surface area contributed by atoms with Gasteiger partial charge in [0.05, 0.1) is 0 Å². The predicted octanol–water partition coefficient (Wildman–Crippen LogP) is 5.37. The van der Waals surface area contributed by atoms with Gasteiger partial charge in [-0.2, -0.15) is 0 Å². The number of hydrogen-bond donors (Lipinski definition) is 1. The summed E-state index contributed by atoms with van der Waals surface area (Å²) < 4.78 is 0. The monoisotopic (exact) mass is 310 g/mol. The second kappa shape index (κ2) is 14.5. The van der Waals surface area contributed by atoms with E-state index in [0.717, 1.165) is 6.04 Å². The molecule has 0 bridgehead atoms. The van der Waals surface area contributed by atoms with Crippen LogP contribution in [0.25, 0.3) is 0 Å². The van der Waals surface area contributed by atoms with Gasteiger partial charge in [-0.05, 0) is 58.3 Å². The summed E-state index contributed by atoms with van der Waals surface area (Å²) in [7, 11) is 0. The number of likely N-dealkylation sites (tertiary alicyclic amines) is 1. The summed E-state index contributed by atoms with van der Waals surface area (Å²) in [5, 5.41) is 3.87. The zero-order valence-electron chi connectivity index (χ0n) is 15.5. The Kier molecular flexibility index (Phi) is 13.2. The molecule has 0 spiro atoms. The van der Waals surface area contributed by atoms with Crippen molar-refractivity contribution in [3.8, 4) is 0 Å². The highest BCUT2D eigenvalue weighted by atomic mass is 15.1. The second-order valence-corrected chi connectivity index (χ2v) is 7.25. The van der Waals surface area contributed by atoms with E-state index in [0.29, 0.717) is 0 Å². The fourth-order valence-corrected chi connectivity index (χ4v) is 3.60. The fraction of sp³-hybridized carbons (Fsp3) is 1.00. The first kappa shape index (κ1) is 20.0. The van der Waals surface area contributed by atoms with Gasteiger partial charge in [-0.25, -0.2) is 0 Å². The van der Waals surface area contributed by atoms with Crippen molar-refractivity contribution >= 4 is 0 Å². The molecule has 0 aromatic carbocycles. The molecular weight excluding hydrogens is 268 g/mol. The molecule has 1 saturated heterocycles. The summed E-state index contributed by atoms with van der Waals surface area (Å²) in [6, 6.07) is 0.784. The molecule has 0 aliphatic carbocycles. The van der Waals surface area contributed by atoms with Crippen LogP contribution in [0, 0.1) is 0 Å². The maximum Gasteiger partial charge on any atom is 0.00670 e. The van der Waals surface area contributed by atoms with Crippen molar-refractivity contribution in [3.05, 3.63) is 0 Å². The molecule has 1 unspecified atom stereocenters. The van der Waals surface area contributed by atoms with E-state index >= 15 is 0 Å². The smallest absolute Gasteiger partial charge is 0.00670 e. The molecule has 1 aliphatic rings. The molecule has 1 atom stereocenters. The molecule has 1 aliphatic heterocycles. The van der Waals surface area contributed by atoms with Crippen molar-refractivity contribution < 1.29 is 0 Å². The van der Waals surface area contributed by atoms with Crippen molar-refractivity contribution in [1.82, 2.24) is 10.2 Å². The Morgan fingerprint density at radius 3 is 2.05 bits per heavy atom. The quantitative estimate of drug-likeness (QED) is 0.409. The molecule has 22 heavy (non-hydrogen) atoms. The van der Waals surface area contributed by atoms with Gasteiger partial charge in [-0.15, -0.1) is 0 Å². The van der Waals surface area contributed by atoms with Crippen LogP contribution >= 0.6 is 0 Å². The van der Waals surface area contributed by atoms with Crippen LogP contribution in [0.3, 0.4) is 0 Å². The second-order valence-electron chi connectivity index (χ2n) is 7.25. The number of nitrogens with zero attached hydrogens (tertiary/aromatic N) is 1. The van der Waals surface area contributed by atoms with E-state index in [1.54, 1.807) is 0 Å². The molecule has 0 amide bonds. The average Bonchev–Trinajstić information content (AvgIpc) is 3.04. The highest BCUT2D eigenvalue weighted by molar-refractivity contribution is 4.70. The summed E-state index contributed by atoms with van der Waals surface area (Å²) in [6.07, 6.45) is 18.2. The standard InChI is InChI=1S/C20H42N2/c1-3-5-7-8-10-15-20(14-9-6-4-2)21-16-13-19-22-17-11-12-18-22/h20-21H,3-19H2,1-2H3. The lowest BCUT2D eigenvalue weighted by Gasteiger charge is -2.20. The Balaban J connectivity index is 2.07. The Morgan fingerprint density at radius 1 is 0.773 bits per heavy atom. The zero-order chi connectivity index (χ0) is 15.9. The van der Waals surface area contributed by atoms with E-state index in [1.807, 2.05) is 0 Å². The number of unbranched alkanes of at least 4 members (excludes halogenated alkanes) is 6. The van der Waals surface area contributed by atoms with Crippen molar-refractivity contribution in [1.29, 1.82) is 0 Å². The van der Waals surface area contributed by atoms with Crippen LogP contribution in [0.4, 0.5) is 0 Å². The van der Waals surface area contributed by atoms with Gasteiger partial charge in [-0.3, -0.25) is 0 Å². The molecule has 1 N–H and O–H groups in total. The van der Waals surface area contributed by atoms with Crippen LogP contribution in [0.1, 0.15) is 97.3 Å². The van der Waals surface area contributed by atoms with Gasteiger partial charge in [0.2, 0.25) is 0 Å². The van der Waals surface area contributed by atoms with E-state index in [-0.39, 0.29) is 0 Å². The predicted molar refractivity (Wildman–Crippen MR) is 99.6 cm³/mol. The molecule has 0 aromatic heterocycles. The third-order valence-electron chi connectivity index (χ3n) is 5.10. The first-order valence-corrected chi connectivity index (χ1v) is 10.3. The summed E-state index contributed by atoms with van der Waals surface area (Å²) in [4.78, 5) is 2.64. The largest absolute Gasteiger partial charge is 0.314 e. The topological polar surface area (TPSA) is 15.3 Å². The fourth-order valence-electron chi connectivity index (χ4n) is 3.60. The summed E-state index contributed by atoms with van der Waals surface area (Å²) in [5.74, 6) is 0. The van der Waals surface area contributed by atoms with Crippen LogP contribution in [0.2, 0.25) is 0 Å². The van der Waals surface area contributed by atoms with Crippen LogP contribution in [0.5, 0.6) is 0 Å². The molecule has 1 fully saturated rings. The van der Waals surface area contributed by atoms with E-state index in [1.165, 1.54) is 110 Å². The van der Waals surface area contributed by atoms with Crippen LogP contribution < -0.4 is 5.32 Å². The minimum Gasteiger partial charge on any atom is -0.314 e. The number of hydrogen-bond acceptors (Lipinski definition) is 2. The van der Waals surface area contributed by atoms with Gasteiger partial charge in [0.15, 0.2) is 0 Å². The maximum absolute atomic E-state index is 3.87. The summed E-state index contributed by atoms with van der Waals surface area (Å²) >= 11 is 0. The minimum atomic E-state index is 0.784. The number of nitrogens with one attached hydrogen (secondary N) is 1. The maximum atomic E-state index is 3.87. The van der Waals surface area contributed by atoms with E-state index < -0.39 is 0 Å². The lowest BCUT2D eigenvalue weighted by molar-refractivity contribution is 0.322. The Bertz CT molecular complexity index is 224. The molecule has 1 rings (SSSR count). The molecular formula is C20H42N2. The highest BCUT2D eigenvalue weighted by Crippen LogP contribution is 2.13. The van der Waals surface area contributed by atoms with Crippen LogP contribution in [-0.2, 0) is 0 Å². The van der Waals surface area contributed by atoms with Crippen LogP contribution in [-0.4, -0.2) is 37.1 Å². The van der Waals surface area contributed by atoms with Crippen LogP contribution in [0.15, 0.2) is 0 Å². The number of rotatable bonds is 15. The Morgan fingerprint density at radius 2 is 1.36 bits per heavy atom. The molecule has 0 radical (unpaired) electrons. The summed E-state index contributed by atoms with van der Waals surface area (Å²) in [6.45, 7) is 9.83. The minimum absolute atomic E-state index is 0.784. The molecule has 1 heterocycles. The van der Waals surface area contributed by atoms with Gasteiger partial charge >= 0.3 is 0 Å². The van der Waals surface area contributed by atoms with Gasteiger partial charge in [0.25, 0.3) is 0 Å². The molecule has 2 nitrogen and oxygen atoms in total. The first-order chi connectivity index (χ1) is 10.9. The third-order valence-corrected chi connectivity index (χ3v) is 5.10. The van der Waals surface area contributed by atoms with Gasteiger partial charge < -0.3 is 10.2 Å². The molecule has 2 heteroatoms. The molecule has 132 valence electrons. The lowest BCUT2D eigenvalue weighted by Crippen LogP contribution is -2.32. The molecule has 0 saturated carbocycles. The normalized spacial score (nSPS) is 17.2. The van der Waals surface area contributed by atoms with E-state index in [2.05, 4.69) is 24.1 Å². The van der Waals surface area contributed by atoms with Gasteiger partial charge in [-0.1, -0.05) is 65.2 Å². The zero-order valence-corrected chi connectivity index (χ0v) is 15.5.